The second-order valence-electron chi connectivity index (χ2n) is 5.90. The molecule has 2 N–H and O–H groups in total. The maximum atomic E-state index is 12.2. The summed E-state index contributed by atoms with van der Waals surface area (Å²) in [6, 6.07) is 15.3. The lowest BCUT2D eigenvalue weighted by atomic mass is 9.88. The minimum atomic E-state index is -0.248. The van der Waals surface area contributed by atoms with Crippen molar-refractivity contribution < 1.29 is 9.59 Å². The molecule has 0 spiro atoms. The van der Waals surface area contributed by atoms with Crippen molar-refractivity contribution in [1.29, 1.82) is 0 Å². The fraction of sp³-hybridized carbons (Fsp3) is 0.263. The SMILES string of the molecule is O=C(CNC(=O)c1ccc(Br)cc1)N[C@H]1CCCc2ccccc21. The quantitative estimate of drug-likeness (QED) is 0.845. The smallest absolute Gasteiger partial charge is 0.251 e. The number of nitrogens with one attached hydrogen (secondary N) is 2. The van der Waals surface area contributed by atoms with Gasteiger partial charge in [-0.25, -0.2) is 0 Å². The van der Waals surface area contributed by atoms with Gasteiger partial charge in [0.25, 0.3) is 5.91 Å². The lowest BCUT2D eigenvalue weighted by Gasteiger charge is -2.26. The van der Waals surface area contributed by atoms with Gasteiger partial charge in [0.15, 0.2) is 0 Å². The number of carbonyl (C=O) groups is 2. The Labute approximate surface area is 149 Å². The summed E-state index contributed by atoms with van der Waals surface area (Å²) in [5.41, 5.74) is 3.03. The van der Waals surface area contributed by atoms with E-state index in [1.54, 1.807) is 24.3 Å². The first-order valence-electron chi connectivity index (χ1n) is 8.04. The predicted molar refractivity (Wildman–Crippen MR) is 96.7 cm³/mol. The Balaban J connectivity index is 1.55. The second kappa shape index (κ2) is 7.62. The molecule has 0 fully saturated rings. The largest absolute Gasteiger partial charge is 0.348 e. The third-order valence-electron chi connectivity index (χ3n) is 4.22. The number of hydrogen-bond donors (Lipinski definition) is 2. The zero-order valence-electron chi connectivity index (χ0n) is 13.2. The monoisotopic (exact) mass is 386 g/mol. The molecule has 0 bridgehead atoms. The van der Waals surface area contributed by atoms with Crippen molar-refractivity contribution in [2.75, 3.05) is 6.54 Å². The number of rotatable bonds is 4. The van der Waals surface area contributed by atoms with E-state index in [-0.39, 0.29) is 24.4 Å². The van der Waals surface area contributed by atoms with Crippen LogP contribution < -0.4 is 10.6 Å². The molecule has 0 saturated carbocycles. The number of hydrogen-bond acceptors (Lipinski definition) is 2. The number of benzene rings is 2. The van der Waals surface area contributed by atoms with E-state index in [2.05, 4.69) is 38.7 Å². The standard InChI is InChI=1S/C19H19BrN2O2/c20-15-10-8-14(9-11-15)19(24)21-12-18(23)22-17-7-3-5-13-4-1-2-6-16(13)17/h1-2,4,6,8-11,17H,3,5,7,12H2,(H,21,24)(H,22,23)/t17-/m0/s1. The average molecular weight is 387 g/mol. The topological polar surface area (TPSA) is 58.2 Å². The molecule has 0 heterocycles. The van der Waals surface area contributed by atoms with Crippen LogP contribution in [0.15, 0.2) is 53.0 Å². The van der Waals surface area contributed by atoms with Crippen LogP contribution in [0.25, 0.3) is 0 Å². The number of carbonyl (C=O) groups excluding carboxylic acids is 2. The molecule has 124 valence electrons. The number of halogens is 1. The summed E-state index contributed by atoms with van der Waals surface area (Å²) in [4.78, 5) is 24.2. The summed E-state index contributed by atoms with van der Waals surface area (Å²) in [6.45, 7) is -0.0203. The Hall–Kier alpha value is -2.14. The molecule has 4 nitrogen and oxygen atoms in total. The molecule has 1 aliphatic rings. The lowest BCUT2D eigenvalue weighted by Crippen LogP contribution is -2.39. The van der Waals surface area contributed by atoms with Gasteiger partial charge in [-0.1, -0.05) is 40.2 Å². The van der Waals surface area contributed by atoms with Crippen LogP contribution in [0.2, 0.25) is 0 Å². The molecule has 0 aliphatic heterocycles. The molecule has 0 saturated heterocycles. The first kappa shape index (κ1) is 16.7. The van der Waals surface area contributed by atoms with Crippen molar-refractivity contribution in [3.05, 3.63) is 69.7 Å². The highest BCUT2D eigenvalue weighted by Crippen LogP contribution is 2.29. The average Bonchev–Trinajstić information content (AvgIpc) is 2.61. The molecule has 2 amide bonds. The molecule has 0 radical (unpaired) electrons. The van der Waals surface area contributed by atoms with Gasteiger partial charge in [0.05, 0.1) is 12.6 Å². The van der Waals surface area contributed by atoms with Crippen LogP contribution in [-0.4, -0.2) is 18.4 Å². The van der Waals surface area contributed by atoms with Crippen molar-refractivity contribution >= 4 is 27.7 Å². The van der Waals surface area contributed by atoms with Crippen molar-refractivity contribution in [2.24, 2.45) is 0 Å². The summed E-state index contributed by atoms with van der Waals surface area (Å²) >= 11 is 3.33. The molecular formula is C19H19BrN2O2. The van der Waals surface area contributed by atoms with E-state index in [9.17, 15) is 9.59 Å². The van der Waals surface area contributed by atoms with Crippen molar-refractivity contribution in [1.82, 2.24) is 10.6 Å². The summed E-state index contributed by atoms with van der Waals surface area (Å²) < 4.78 is 0.910. The Morgan fingerprint density at radius 1 is 1.08 bits per heavy atom. The molecular weight excluding hydrogens is 368 g/mol. The first-order chi connectivity index (χ1) is 11.6. The number of aryl methyl sites for hydroxylation is 1. The zero-order chi connectivity index (χ0) is 16.9. The van der Waals surface area contributed by atoms with E-state index in [1.165, 1.54) is 11.1 Å². The van der Waals surface area contributed by atoms with Gasteiger partial charge in [-0.05, 0) is 54.7 Å². The van der Waals surface area contributed by atoms with Crippen LogP contribution in [0, 0.1) is 0 Å². The molecule has 5 heteroatoms. The third kappa shape index (κ3) is 4.03. The normalized spacial score (nSPS) is 16.1. The van der Waals surface area contributed by atoms with Gasteiger partial charge in [-0.2, -0.15) is 0 Å². The van der Waals surface area contributed by atoms with Crippen LogP contribution in [0.3, 0.4) is 0 Å². The Morgan fingerprint density at radius 3 is 2.62 bits per heavy atom. The number of fused-ring (bicyclic) bond motifs is 1. The van der Waals surface area contributed by atoms with Gasteiger partial charge in [0.2, 0.25) is 5.91 Å². The Morgan fingerprint density at radius 2 is 1.83 bits per heavy atom. The van der Waals surface area contributed by atoms with Crippen LogP contribution in [0.5, 0.6) is 0 Å². The molecule has 1 atom stereocenters. The maximum absolute atomic E-state index is 12.2. The van der Waals surface area contributed by atoms with E-state index in [0.29, 0.717) is 5.56 Å². The van der Waals surface area contributed by atoms with Crippen molar-refractivity contribution in [2.45, 2.75) is 25.3 Å². The fourth-order valence-electron chi connectivity index (χ4n) is 3.01. The molecule has 2 aromatic rings. The minimum absolute atomic E-state index is 0.0203. The van der Waals surface area contributed by atoms with Gasteiger partial charge >= 0.3 is 0 Å². The van der Waals surface area contributed by atoms with Crippen molar-refractivity contribution in [3.63, 3.8) is 0 Å². The van der Waals surface area contributed by atoms with Crippen LogP contribution in [-0.2, 0) is 11.2 Å². The van der Waals surface area contributed by atoms with Gasteiger partial charge in [-0.15, -0.1) is 0 Å². The Bertz CT molecular complexity index is 743. The van der Waals surface area contributed by atoms with Gasteiger partial charge in [0, 0.05) is 10.0 Å². The lowest BCUT2D eigenvalue weighted by molar-refractivity contribution is -0.121. The molecule has 1 aliphatic carbocycles. The fourth-order valence-corrected chi connectivity index (χ4v) is 3.28. The van der Waals surface area contributed by atoms with E-state index >= 15 is 0 Å². The summed E-state index contributed by atoms with van der Waals surface area (Å²) in [6.07, 6.45) is 3.06. The first-order valence-corrected chi connectivity index (χ1v) is 8.84. The van der Waals surface area contributed by atoms with Crippen molar-refractivity contribution in [3.8, 4) is 0 Å². The van der Waals surface area contributed by atoms with E-state index in [0.717, 1.165) is 23.7 Å². The highest BCUT2D eigenvalue weighted by atomic mass is 79.9. The number of amides is 2. The van der Waals surface area contributed by atoms with Crippen LogP contribution in [0.4, 0.5) is 0 Å². The molecule has 3 rings (SSSR count). The second-order valence-corrected chi connectivity index (χ2v) is 6.82. The summed E-state index contributed by atoms with van der Waals surface area (Å²) in [7, 11) is 0. The van der Waals surface area contributed by atoms with E-state index in [4.69, 9.17) is 0 Å². The van der Waals surface area contributed by atoms with Crippen LogP contribution in [0.1, 0.15) is 40.4 Å². The summed E-state index contributed by atoms with van der Waals surface area (Å²) in [5.74, 6) is -0.413. The third-order valence-corrected chi connectivity index (χ3v) is 4.75. The molecule has 24 heavy (non-hydrogen) atoms. The van der Waals surface area contributed by atoms with Gasteiger partial charge < -0.3 is 10.6 Å². The predicted octanol–water partition coefficient (Wildman–Crippen LogP) is 3.37. The molecule has 2 aromatic carbocycles. The van der Waals surface area contributed by atoms with Crippen LogP contribution >= 0.6 is 15.9 Å². The molecule has 0 unspecified atom stereocenters. The van der Waals surface area contributed by atoms with E-state index < -0.39 is 0 Å². The van der Waals surface area contributed by atoms with E-state index in [1.807, 2.05) is 12.1 Å². The minimum Gasteiger partial charge on any atom is -0.348 e. The molecule has 0 aromatic heterocycles. The van der Waals surface area contributed by atoms with Gasteiger partial charge in [0.1, 0.15) is 0 Å². The van der Waals surface area contributed by atoms with Gasteiger partial charge in [-0.3, -0.25) is 9.59 Å². The highest BCUT2D eigenvalue weighted by Gasteiger charge is 2.21. The highest BCUT2D eigenvalue weighted by molar-refractivity contribution is 9.10. The summed E-state index contributed by atoms with van der Waals surface area (Å²) in [5, 5.41) is 5.70. The Kier molecular flexibility index (Phi) is 5.30. The zero-order valence-corrected chi connectivity index (χ0v) is 14.8. The maximum Gasteiger partial charge on any atom is 0.251 e.